The molecule has 2 atom stereocenters. The summed E-state index contributed by atoms with van der Waals surface area (Å²) in [5, 5.41) is 13.1. The molecule has 1 saturated carbocycles. The molecule has 2 unspecified atom stereocenters. The SMILES string of the molecule is Cc1c(C(=O)NC2CC(O)C2(C)C)sc2nc[nH]c(=O)c12. The van der Waals surface area contributed by atoms with Crippen molar-refractivity contribution in [3.8, 4) is 0 Å². The molecule has 1 aliphatic rings. The first-order valence-electron chi connectivity index (χ1n) is 6.78. The summed E-state index contributed by atoms with van der Waals surface area (Å²) < 4.78 is 0. The highest BCUT2D eigenvalue weighted by molar-refractivity contribution is 7.20. The zero-order valence-corrected chi connectivity index (χ0v) is 12.9. The summed E-state index contributed by atoms with van der Waals surface area (Å²) in [6.07, 6.45) is 1.51. The molecule has 112 valence electrons. The van der Waals surface area contributed by atoms with Gasteiger partial charge in [0.15, 0.2) is 0 Å². The summed E-state index contributed by atoms with van der Waals surface area (Å²) in [5.41, 5.74) is 0.0994. The van der Waals surface area contributed by atoms with Gasteiger partial charge in [0.25, 0.3) is 11.5 Å². The molecule has 0 radical (unpaired) electrons. The number of H-pyrrole nitrogens is 1. The Morgan fingerprint density at radius 1 is 1.57 bits per heavy atom. The highest BCUT2D eigenvalue weighted by Crippen LogP contribution is 2.40. The predicted molar refractivity (Wildman–Crippen MR) is 80.6 cm³/mol. The Morgan fingerprint density at radius 3 is 2.86 bits per heavy atom. The molecule has 0 bridgehead atoms. The van der Waals surface area contributed by atoms with Gasteiger partial charge >= 0.3 is 0 Å². The standard InChI is InChI=1S/C14H17N3O3S/c1-6-9-11(19)15-5-16-13(9)21-10(6)12(20)17-7-4-8(18)14(7,2)3/h5,7-8,18H,4H2,1-3H3,(H,17,20)(H,15,16,19). The van der Waals surface area contributed by atoms with Gasteiger partial charge in [-0.2, -0.15) is 0 Å². The van der Waals surface area contributed by atoms with Crippen LogP contribution < -0.4 is 10.9 Å². The zero-order chi connectivity index (χ0) is 15.4. The van der Waals surface area contributed by atoms with Crippen molar-refractivity contribution in [2.45, 2.75) is 39.3 Å². The molecule has 7 heteroatoms. The first-order chi connectivity index (χ1) is 9.82. The van der Waals surface area contributed by atoms with Crippen molar-refractivity contribution in [3.05, 3.63) is 27.1 Å². The van der Waals surface area contributed by atoms with Crippen molar-refractivity contribution in [3.63, 3.8) is 0 Å². The second-order valence-corrected chi connectivity index (χ2v) is 7.07. The number of aromatic amines is 1. The maximum absolute atomic E-state index is 12.4. The van der Waals surface area contributed by atoms with E-state index in [1.54, 1.807) is 6.92 Å². The number of nitrogens with one attached hydrogen (secondary N) is 2. The van der Waals surface area contributed by atoms with Crippen LogP contribution in [0.5, 0.6) is 0 Å². The Balaban J connectivity index is 1.91. The van der Waals surface area contributed by atoms with E-state index in [0.717, 1.165) is 0 Å². The van der Waals surface area contributed by atoms with Gasteiger partial charge in [0.2, 0.25) is 0 Å². The lowest BCUT2D eigenvalue weighted by atomic mass is 9.64. The van der Waals surface area contributed by atoms with Gasteiger partial charge in [-0.25, -0.2) is 4.98 Å². The minimum Gasteiger partial charge on any atom is -0.392 e. The number of amides is 1. The highest BCUT2D eigenvalue weighted by atomic mass is 32.1. The monoisotopic (exact) mass is 307 g/mol. The second kappa shape index (κ2) is 4.64. The van der Waals surface area contributed by atoms with Crippen LogP contribution in [0.3, 0.4) is 0 Å². The zero-order valence-electron chi connectivity index (χ0n) is 12.1. The molecular formula is C14H17N3O3S. The van der Waals surface area contributed by atoms with Crippen LogP contribution in [0.15, 0.2) is 11.1 Å². The Hall–Kier alpha value is -1.73. The fourth-order valence-corrected chi connectivity index (χ4v) is 3.72. The van der Waals surface area contributed by atoms with Crippen molar-refractivity contribution in [2.24, 2.45) is 5.41 Å². The quantitative estimate of drug-likeness (QED) is 0.776. The molecule has 6 nitrogen and oxygen atoms in total. The summed E-state index contributed by atoms with van der Waals surface area (Å²) in [6, 6.07) is -0.0594. The maximum Gasteiger partial charge on any atom is 0.261 e. The Bertz CT molecular complexity index is 777. The van der Waals surface area contributed by atoms with Gasteiger partial charge in [-0.3, -0.25) is 9.59 Å². The van der Waals surface area contributed by atoms with Crippen LogP contribution in [0.4, 0.5) is 0 Å². The molecule has 0 aliphatic heterocycles. The molecule has 0 saturated heterocycles. The number of rotatable bonds is 2. The average Bonchev–Trinajstić information content (AvgIpc) is 2.77. The molecule has 21 heavy (non-hydrogen) atoms. The summed E-state index contributed by atoms with van der Waals surface area (Å²) in [5.74, 6) is -0.208. The molecule has 3 rings (SSSR count). The number of aliphatic hydroxyl groups is 1. The van der Waals surface area contributed by atoms with E-state index in [-0.39, 0.29) is 22.9 Å². The van der Waals surface area contributed by atoms with E-state index in [2.05, 4.69) is 15.3 Å². The number of thiophene rings is 1. The van der Waals surface area contributed by atoms with Crippen molar-refractivity contribution in [2.75, 3.05) is 0 Å². The summed E-state index contributed by atoms with van der Waals surface area (Å²) in [6.45, 7) is 5.61. The van der Waals surface area contributed by atoms with Gasteiger partial charge in [0.05, 0.1) is 22.7 Å². The molecule has 0 aromatic carbocycles. The van der Waals surface area contributed by atoms with Crippen LogP contribution in [0.1, 0.15) is 35.5 Å². The molecule has 1 fully saturated rings. The number of aromatic nitrogens is 2. The van der Waals surface area contributed by atoms with Crippen LogP contribution in [0, 0.1) is 12.3 Å². The highest BCUT2D eigenvalue weighted by Gasteiger charge is 2.48. The minimum atomic E-state index is -0.393. The van der Waals surface area contributed by atoms with E-state index < -0.39 is 6.10 Å². The second-order valence-electron chi connectivity index (χ2n) is 6.07. The van der Waals surface area contributed by atoms with Gasteiger partial charge in [-0.15, -0.1) is 11.3 Å². The van der Waals surface area contributed by atoms with E-state index in [4.69, 9.17) is 0 Å². The first kappa shape index (κ1) is 14.2. The molecule has 3 N–H and O–H groups in total. The Kier molecular flexibility index (Phi) is 3.14. The van der Waals surface area contributed by atoms with E-state index in [9.17, 15) is 14.7 Å². The van der Waals surface area contributed by atoms with E-state index in [1.807, 2.05) is 13.8 Å². The van der Waals surface area contributed by atoms with Crippen LogP contribution in [-0.4, -0.2) is 33.1 Å². The fourth-order valence-electron chi connectivity index (χ4n) is 2.67. The third kappa shape index (κ3) is 2.08. The van der Waals surface area contributed by atoms with Gasteiger partial charge in [-0.1, -0.05) is 13.8 Å². The lowest BCUT2D eigenvalue weighted by Gasteiger charge is -2.49. The number of fused-ring (bicyclic) bond motifs is 1. The number of aryl methyl sites for hydroxylation is 1. The third-order valence-electron chi connectivity index (χ3n) is 4.46. The molecule has 1 aliphatic carbocycles. The van der Waals surface area contributed by atoms with E-state index in [0.29, 0.717) is 27.1 Å². The average molecular weight is 307 g/mol. The van der Waals surface area contributed by atoms with Gasteiger partial charge < -0.3 is 15.4 Å². The number of carbonyl (C=O) groups is 1. The lowest BCUT2D eigenvalue weighted by molar-refractivity contribution is -0.0689. The van der Waals surface area contributed by atoms with Gasteiger partial charge in [0, 0.05) is 11.5 Å². The third-order valence-corrected chi connectivity index (χ3v) is 5.66. The van der Waals surface area contributed by atoms with Gasteiger partial charge in [0.1, 0.15) is 4.83 Å². The summed E-state index contributed by atoms with van der Waals surface area (Å²) in [4.78, 5) is 31.9. The van der Waals surface area contributed by atoms with Crippen molar-refractivity contribution >= 4 is 27.5 Å². The smallest absolute Gasteiger partial charge is 0.261 e. The number of hydrogen-bond donors (Lipinski definition) is 3. The van der Waals surface area contributed by atoms with Crippen LogP contribution in [0.2, 0.25) is 0 Å². The number of hydrogen-bond acceptors (Lipinski definition) is 5. The first-order valence-corrected chi connectivity index (χ1v) is 7.59. The van der Waals surface area contributed by atoms with E-state index >= 15 is 0 Å². The molecular weight excluding hydrogens is 290 g/mol. The molecule has 2 heterocycles. The summed E-state index contributed by atoms with van der Waals surface area (Å²) in [7, 11) is 0. The van der Waals surface area contributed by atoms with Crippen molar-refractivity contribution in [1.82, 2.24) is 15.3 Å². The topological polar surface area (TPSA) is 95.1 Å². The molecule has 2 aromatic rings. The Labute approximate surface area is 125 Å². The number of aliphatic hydroxyl groups excluding tert-OH is 1. The van der Waals surface area contributed by atoms with E-state index in [1.165, 1.54) is 17.7 Å². The van der Waals surface area contributed by atoms with Crippen molar-refractivity contribution < 1.29 is 9.90 Å². The minimum absolute atomic E-state index is 0.0594. The van der Waals surface area contributed by atoms with Crippen LogP contribution in [-0.2, 0) is 0 Å². The fraction of sp³-hybridized carbons (Fsp3) is 0.500. The summed E-state index contributed by atoms with van der Waals surface area (Å²) >= 11 is 1.22. The number of carbonyl (C=O) groups excluding carboxylic acids is 1. The largest absolute Gasteiger partial charge is 0.392 e. The Morgan fingerprint density at radius 2 is 2.29 bits per heavy atom. The van der Waals surface area contributed by atoms with Crippen LogP contribution in [0.25, 0.3) is 10.2 Å². The maximum atomic E-state index is 12.4. The predicted octanol–water partition coefficient (Wildman–Crippen LogP) is 1.18. The number of nitrogens with zero attached hydrogens (tertiary/aromatic N) is 1. The molecule has 2 aromatic heterocycles. The van der Waals surface area contributed by atoms with Crippen molar-refractivity contribution in [1.29, 1.82) is 0 Å². The molecule has 1 amide bonds. The lowest BCUT2D eigenvalue weighted by Crippen LogP contribution is -2.61. The van der Waals surface area contributed by atoms with Gasteiger partial charge in [-0.05, 0) is 18.9 Å². The van der Waals surface area contributed by atoms with Crippen LogP contribution >= 0.6 is 11.3 Å². The normalized spacial score (nSPS) is 23.8. The molecule has 0 spiro atoms.